The topological polar surface area (TPSA) is 129 Å². The number of nitrogens with zero attached hydrogens (tertiary/aromatic N) is 3. The van der Waals surface area contributed by atoms with Gasteiger partial charge in [0.05, 0.1) is 54.8 Å². The van der Waals surface area contributed by atoms with Crippen LogP contribution in [0.5, 0.6) is 0 Å². The molecular formula is C44H76N4O7. The van der Waals surface area contributed by atoms with Crippen LogP contribution < -0.4 is 5.32 Å². The molecule has 1 heterocycles. The lowest BCUT2D eigenvalue weighted by Gasteiger charge is -2.42. The molecule has 1 aromatic carbocycles. The van der Waals surface area contributed by atoms with Gasteiger partial charge in [0.1, 0.15) is 0 Å². The van der Waals surface area contributed by atoms with Gasteiger partial charge in [-0.15, -0.1) is 0 Å². The van der Waals surface area contributed by atoms with Gasteiger partial charge in [-0.3, -0.25) is 24.1 Å². The van der Waals surface area contributed by atoms with Gasteiger partial charge in [0, 0.05) is 45.7 Å². The Bertz CT molecular complexity index is 1370. The first-order valence-corrected chi connectivity index (χ1v) is 20.5. The highest BCUT2D eigenvalue weighted by Crippen LogP contribution is 2.32. The lowest BCUT2D eigenvalue weighted by atomic mass is 9.83. The molecule has 1 aromatic rings. The molecule has 1 fully saturated rings. The second kappa shape index (κ2) is 21.6. The van der Waals surface area contributed by atoms with Crippen molar-refractivity contribution in [3.05, 3.63) is 35.9 Å². The molecule has 10 atom stereocenters. The summed E-state index contributed by atoms with van der Waals surface area (Å²) in [4.78, 5) is 61.9. The first-order chi connectivity index (χ1) is 25.6. The third-order valence-corrected chi connectivity index (χ3v) is 12.2. The number of likely N-dealkylation sites (N-methyl/N-ethyl adjacent to an activating group) is 2. The first kappa shape index (κ1) is 48.3. The molecule has 0 radical (unpaired) electrons. The summed E-state index contributed by atoms with van der Waals surface area (Å²) >= 11 is 0. The zero-order chi connectivity index (χ0) is 41.9. The van der Waals surface area contributed by atoms with Crippen LogP contribution in [0.25, 0.3) is 0 Å². The van der Waals surface area contributed by atoms with E-state index in [1.807, 2.05) is 56.1 Å². The van der Waals surface area contributed by atoms with Gasteiger partial charge >= 0.3 is 0 Å². The molecule has 2 rings (SSSR count). The smallest absolute Gasteiger partial charge is 0.226 e. The number of methoxy groups -OCH3 is 2. The number of aliphatic hydroxyl groups is 1. The molecular weight excluding hydrogens is 697 g/mol. The molecule has 0 unspecified atom stereocenters. The molecule has 1 aliphatic rings. The van der Waals surface area contributed by atoms with Crippen molar-refractivity contribution < 1.29 is 33.8 Å². The second-order valence-corrected chi connectivity index (χ2v) is 17.7. The van der Waals surface area contributed by atoms with Gasteiger partial charge in [0.25, 0.3) is 0 Å². The van der Waals surface area contributed by atoms with E-state index in [0.29, 0.717) is 18.5 Å². The van der Waals surface area contributed by atoms with E-state index in [1.165, 1.54) is 0 Å². The number of carbonyl (C=O) groups is 4. The van der Waals surface area contributed by atoms with E-state index in [1.54, 1.807) is 40.0 Å². The summed E-state index contributed by atoms with van der Waals surface area (Å²) in [5, 5.41) is 13.8. The fourth-order valence-electron chi connectivity index (χ4n) is 8.34. The Labute approximate surface area is 333 Å². The molecule has 2 N–H and O–H groups in total. The van der Waals surface area contributed by atoms with Gasteiger partial charge in [-0.05, 0) is 70.9 Å². The van der Waals surface area contributed by atoms with Crippen molar-refractivity contribution in [1.82, 2.24) is 20.0 Å². The molecule has 0 aromatic heterocycles. The highest BCUT2D eigenvalue weighted by molar-refractivity contribution is 5.90. The third kappa shape index (κ3) is 12.6. The van der Waals surface area contributed by atoms with Crippen molar-refractivity contribution in [2.24, 2.45) is 29.6 Å². The zero-order valence-electron chi connectivity index (χ0n) is 36.8. The van der Waals surface area contributed by atoms with Crippen LogP contribution >= 0.6 is 0 Å². The van der Waals surface area contributed by atoms with Crippen molar-refractivity contribution in [3.8, 4) is 0 Å². The molecule has 3 amide bonds. The Morgan fingerprint density at radius 3 is 2.02 bits per heavy atom. The Hall–Kier alpha value is -2.86. The molecule has 1 saturated heterocycles. The summed E-state index contributed by atoms with van der Waals surface area (Å²) in [6.45, 7) is 22.6. The lowest BCUT2D eigenvalue weighted by Crippen LogP contribution is -2.55. The van der Waals surface area contributed by atoms with Crippen LogP contribution in [0.1, 0.15) is 120 Å². The maximum atomic E-state index is 14.5. The summed E-state index contributed by atoms with van der Waals surface area (Å²) in [5.41, 5.74) is 0.497. The van der Waals surface area contributed by atoms with E-state index in [4.69, 9.17) is 9.47 Å². The molecule has 0 saturated carbocycles. The van der Waals surface area contributed by atoms with Crippen molar-refractivity contribution in [2.75, 3.05) is 34.9 Å². The quantitative estimate of drug-likeness (QED) is 0.153. The van der Waals surface area contributed by atoms with Gasteiger partial charge in [-0.25, -0.2) is 0 Å². The number of hydrogen-bond donors (Lipinski definition) is 2. The van der Waals surface area contributed by atoms with Crippen molar-refractivity contribution >= 4 is 23.5 Å². The fourth-order valence-corrected chi connectivity index (χ4v) is 8.34. The van der Waals surface area contributed by atoms with Crippen LogP contribution in [0.4, 0.5) is 0 Å². The number of rotatable bonds is 21. The number of nitrogens with one attached hydrogen (secondary N) is 1. The molecule has 11 nitrogen and oxygen atoms in total. The van der Waals surface area contributed by atoms with Gasteiger partial charge in [-0.1, -0.05) is 85.2 Å². The number of likely N-dealkylation sites (tertiary alicyclic amines) is 1. The van der Waals surface area contributed by atoms with Crippen LogP contribution in [0.15, 0.2) is 30.3 Å². The average molecular weight is 773 g/mol. The second-order valence-electron chi connectivity index (χ2n) is 17.7. The Morgan fingerprint density at radius 1 is 0.927 bits per heavy atom. The van der Waals surface area contributed by atoms with Crippen LogP contribution in [0.3, 0.4) is 0 Å². The SMILES string of the molecule is CC[C@H](C)[C@@H]([C@@H](CC(=O)N1CCC[C@H]1[C@H](OC)[C@@H](C)C(=O)N[C@H](C)[C@@H](O)c1ccccc1)OC)N(C)C(=O)[C@@H](CC(=O)[C@H](C(C)C)N(C)C(C)(C)C)C(C)C. The number of carbonyl (C=O) groups excluding carboxylic acids is 4. The van der Waals surface area contributed by atoms with Crippen LogP contribution in [0, 0.1) is 29.6 Å². The van der Waals surface area contributed by atoms with E-state index >= 15 is 0 Å². The van der Waals surface area contributed by atoms with Gasteiger partial charge in [0.2, 0.25) is 17.7 Å². The summed E-state index contributed by atoms with van der Waals surface area (Å²) in [7, 11) is 6.91. The largest absolute Gasteiger partial charge is 0.386 e. The molecule has 314 valence electrons. The van der Waals surface area contributed by atoms with Gasteiger partial charge in [0.15, 0.2) is 5.78 Å². The maximum Gasteiger partial charge on any atom is 0.226 e. The molecule has 0 bridgehead atoms. The average Bonchev–Trinajstić information content (AvgIpc) is 3.62. The number of hydrogen-bond acceptors (Lipinski definition) is 8. The van der Waals surface area contributed by atoms with Crippen molar-refractivity contribution in [2.45, 2.75) is 156 Å². The summed E-state index contributed by atoms with van der Waals surface area (Å²) in [5.74, 6) is -1.56. The summed E-state index contributed by atoms with van der Waals surface area (Å²) < 4.78 is 12.0. The summed E-state index contributed by atoms with van der Waals surface area (Å²) in [6.07, 6.45) is 0.352. The number of amides is 3. The number of aliphatic hydroxyl groups excluding tert-OH is 1. The minimum atomic E-state index is -0.874. The van der Waals surface area contributed by atoms with E-state index in [-0.39, 0.29) is 71.7 Å². The Morgan fingerprint density at radius 2 is 1.53 bits per heavy atom. The van der Waals surface area contributed by atoms with Crippen molar-refractivity contribution in [1.29, 1.82) is 0 Å². The van der Waals surface area contributed by atoms with Gasteiger partial charge in [-0.2, -0.15) is 0 Å². The van der Waals surface area contributed by atoms with Gasteiger partial charge < -0.3 is 29.7 Å². The molecule has 0 aliphatic carbocycles. The number of benzene rings is 1. The molecule has 1 aliphatic heterocycles. The zero-order valence-corrected chi connectivity index (χ0v) is 36.8. The van der Waals surface area contributed by atoms with E-state index in [9.17, 15) is 24.3 Å². The molecule has 0 spiro atoms. The lowest BCUT2D eigenvalue weighted by molar-refractivity contribution is -0.149. The standard InChI is InChI=1S/C44H76N4O7/c1-16-29(6)39(46(12)43(53)33(27(2)3)25-35(49)38(28(4)5)47(13)44(9,10)11)36(54-14)26-37(50)48-24-20-23-34(48)41(55-15)30(7)42(52)45-31(8)40(51)32-21-18-17-19-22-32/h17-19,21-22,27-31,33-34,36,38-41,51H,16,20,23-26H2,1-15H3,(H,45,52)/t29-,30+,31+,33-,34-,36+,38-,39-,40+,41+/m0/s1. The Balaban J connectivity index is 2.28. The van der Waals surface area contributed by atoms with E-state index < -0.39 is 42.2 Å². The van der Waals surface area contributed by atoms with Crippen LogP contribution in [-0.2, 0) is 28.7 Å². The number of ether oxygens (including phenoxy) is 2. The van der Waals surface area contributed by atoms with Crippen LogP contribution in [0.2, 0.25) is 0 Å². The highest BCUT2D eigenvalue weighted by Gasteiger charge is 2.44. The van der Waals surface area contributed by atoms with E-state index in [0.717, 1.165) is 12.8 Å². The monoisotopic (exact) mass is 773 g/mol. The molecule has 11 heteroatoms. The Kier molecular flexibility index (Phi) is 19.0. The minimum Gasteiger partial charge on any atom is -0.386 e. The maximum absolute atomic E-state index is 14.5. The van der Waals surface area contributed by atoms with Crippen LogP contribution in [-0.4, -0.2) is 120 Å². The fraction of sp³-hybridized carbons (Fsp3) is 0.773. The number of ketones is 1. The molecule has 55 heavy (non-hydrogen) atoms. The van der Waals surface area contributed by atoms with E-state index in [2.05, 4.69) is 58.7 Å². The highest BCUT2D eigenvalue weighted by atomic mass is 16.5. The van der Waals surface area contributed by atoms with Crippen molar-refractivity contribution in [3.63, 3.8) is 0 Å². The number of Topliss-reactive ketones (excluding diaryl/α,β-unsaturated/α-hetero) is 1. The third-order valence-electron chi connectivity index (χ3n) is 12.2. The predicted octanol–water partition coefficient (Wildman–Crippen LogP) is 6.13. The predicted molar refractivity (Wildman–Crippen MR) is 219 cm³/mol. The summed E-state index contributed by atoms with van der Waals surface area (Å²) in [6, 6.07) is 7.61. The minimum absolute atomic E-state index is 0.00342. The first-order valence-electron chi connectivity index (χ1n) is 20.5. The normalized spacial score (nSPS) is 20.1.